The lowest BCUT2D eigenvalue weighted by molar-refractivity contribution is -0.121. The third-order valence-corrected chi connectivity index (χ3v) is 4.73. The molecule has 1 amide bonds. The molecule has 3 rings (SSSR count). The van der Waals surface area contributed by atoms with E-state index in [1.807, 2.05) is 48.7 Å². The Labute approximate surface area is 148 Å². The molecule has 5 nitrogen and oxygen atoms in total. The Balaban J connectivity index is 1.53. The first-order valence-electron chi connectivity index (χ1n) is 7.53. The smallest absolute Gasteiger partial charge is 0.227 e. The van der Waals surface area contributed by atoms with Gasteiger partial charge in [-0.3, -0.25) is 4.79 Å². The number of nitrogens with one attached hydrogen (secondary N) is 1. The van der Waals surface area contributed by atoms with E-state index in [9.17, 15) is 4.79 Å². The van der Waals surface area contributed by atoms with Crippen molar-refractivity contribution in [3.63, 3.8) is 0 Å². The van der Waals surface area contributed by atoms with E-state index in [0.29, 0.717) is 23.2 Å². The number of aromatic nitrogens is 2. The third kappa shape index (κ3) is 4.01. The minimum Gasteiger partial charge on any atom is -0.350 e. The number of amides is 1. The number of nitrogens with zero attached hydrogens (tertiary/aromatic N) is 2. The van der Waals surface area contributed by atoms with Gasteiger partial charge in [0.05, 0.1) is 10.9 Å². The van der Waals surface area contributed by atoms with Crippen LogP contribution in [-0.4, -0.2) is 16.0 Å². The molecular formula is C17H16ClN3O2S. The fourth-order valence-corrected chi connectivity index (χ4v) is 3.25. The number of rotatable bonds is 6. The first-order chi connectivity index (χ1) is 11.6. The van der Waals surface area contributed by atoms with Crippen molar-refractivity contribution in [2.75, 3.05) is 0 Å². The summed E-state index contributed by atoms with van der Waals surface area (Å²) in [5, 5.41) is 9.46. The Morgan fingerprint density at radius 1 is 1.33 bits per heavy atom. The Morgan fingerprint density at radius 2 is 2.17 bits per heavy atom. The van der Waals surface area contributed by atoms with E-state index < -0.39 is 0 Å². The normalized spacial score (nSPS) is 12.1. The van der Waals surface area contributed by atoms with Crippen LogP contribution in [0.5, 0.6) is 0 Å². The first-order valence-corrected chi connectivity index (χ1v) is 8.79. The predicted molar refractivity (Wildman–Crippen MR) is 93.9 cm³/mol. The molecule has 0 saturated carbocycles. The minimum absolute atomic E-state index is 0.0849. The molecule has 1 aromatic carbocycles. The van der Waals surface area contributed by atoms with Gasteiger partial charge in [0.15, 0.2) is 0 Å². The number of aryl methyl sites for hydroxylation is 1. The molecule has 0 saturated heterocycles. The van der Waals surface area contributed by atoms with E-state index in [4.69, 9.17) is 16.1 Å². The minimum atomic E-state index is -0.157. The highest BCUT2D eigenvalue weighted by Gasteiger charge is 2.14. The summed E-state index contributed by atoms with van der Waals surface area (Å²) in [6, 6.07) is 11.2. The quantitative estimate of drug-likeness (QED) is 0.712. The Hall–Kier alpha value is -2.18. The molecule has 0 unspecified atom stereocenters. The average Bonchev–Trinajstić information content (AvgIpc) is 3.24. The van der Waals surface area contributed by atoms with Gasteiger partial charge in [0, 0.05) is 17.9 Å². The molecule has 7 heteroatoms. The summed E-state index contributed by atoms with van der Waals surface area (Å²) in [5.41, 5.74) is 0.894. The number of hydrogen-bond acceptors (Lipinski definition) is 5. The molecule has 0 radical (unpaired) electrons. The second-order valence-corrected chi connectivity index (χ2v) is 6.65. The highest BCUT2D eigenvalue weighted by Crippen LogP contribution is 2.23. The summed E-state index contributed by atoms with van der Waals surface area (Å²) in [6.07, 6.45) is 0.681. The van der Waals surface area contributed by atoms with Gasteiger partial charge < -0.3 is 9.84 Å². The number of thiophene rings is 1. The molecule has 0 fully saturated rings. The Morgan fingerprint density at radius 3 is 2.92 bits per heavy atom. The van der Waals surface area contributed by atoms with Crippen LogP contribution >= 0.6 is 22.9 Å². The monoisotopic (exact) mass is 361 g/mol. The van der Waals surface area contributed by atoms with Gasteiger partial charge in [-0.25, -0.2) is 0 Å². The van der Waals surface area contributed by atoms with E-state index in [0.717, 1.165) is 10.4 Å². The van der Waals surface area contributed by atoms with E-state index in [2.05, 4.69) is 15.5 Å². The summed E-state index contributed by atoms with van der Waals surface area (Å²) in [6.45, 7) is 1.90. The van der Waals surface area contributed by atoms with Crippen molar-refractivity contribution >= 4 is 28.8 Å². The van der Waals surface area contributed by atoms with E-state index in [-0.39, 0.29) is 18.4 Å². The highest BCUT2D eigenvalue weighted by atomic mass is 35.5. The summed E-state index contributed by atoms with van der Waals surface area (Å²) < 4.78 is 5.19. The maximum atomic E-state index is 12.1. The lowest BCUT2D eigenvalue weighted by Gasteiger charge is -2.15. The molecule has 0 aliphatic heterocycles. The van der Waals surface area contributed by atoms with Crippen LogP contribution in [0.4, 0.5) is 0 Å². The van der Waals surface area contributed by atoms with E-state index >= 15 is 0 Å². The first kappa shape index (κ1) is 16.7. The van der Waals surface area contributed by atoms with Gasteiger partial charge in [-0.2, -0.15) is 4.98 Å². The lowest BCUT2D eigenvalue weighted by Crippen LogP contribution is -2.27. The number of carbonyl (C=O) groups is 1. The van der Waals surface area contributed by atoms with Crippen LogP contribution in [-0.2, 0) is 11.2 Å². The van der Waals surface area contributed by atoms with Crippen LogP contribution in [0.15, 0.2) is 46.3 Å². The van der Waals surface area contributed by atoms with Crippen LogP contribution in [0.3, 0.4) is 0 Å². The summed E-state index contributed by atoms with van der Waals surface area (Å²) in [7, 11) is 0. The molecular weight excluding hydrogens is 346 g/mol. The molecule has 24 heavy (non-hydrogen) atoms. The van der Waals surface area contributed by atoms with Gasteiger partial charge in [0.1, 0.15) is 0 Å². The summed E-state index contributed by atoms with van der Waals surface area (Å²) in [4.78, 5) is 17.4. The zero-order chi connectivity index (χ0) is 16.9. The Bertz CT molecular complexity index is 817. The second-order valence-electron chi connectivity index (χ2n) is 5.30. The largest absolute Gasteiger partial charge is 0.350 e. The maximum absolute atomic E-state index is 12.1. The molecule has 2 aromatic heterocycles. The van der Waals surface area contributed by atoms with Crippen LogP contribution in [0.2, 0.25) is 5.02 Å². The predicted octanol–water partition coefficient (Wildman–Crippen LogP) is 4.26. The van der Waals surface area contributed by atoms with Crippen LogP contribution in [0.25, 0.3) is 10.7 Å². The van der Waals surface area contributed by atoms with Crippen molar-refractivity contribution in [3.05, 3.63) is 58.3 Å². The Kier molecular flexibility index (Phi) is 5.27. The molecule has 124 valence electrons. The van der Waals surface area contributed by atoms with E-state index in [1.54, 1.807) is 11.3 Å². The van der Waals surface area contributed by atoms with Crippen molar-refractivity contribution in [2.45, 2.75) is 25.8 Å². The SMILES string of the molecule is C[C@H](NC(=O)CCc1nc(-c2cccs2)no1)c1ccccc1Cl. The van der Waals surface area contributed by atoms with Crippen molar-refractivity contribution in [3.8, 4) is 10.7 Å². The summed E-state index contributed by atoms with van der Waals surface area (Å²) in [5.74, 6) is 0.932. The fraction of sp³-hybridized carbons (Fsp3) is 0.235. The van der Waals surface area contributed by atoms with Gasteiger partial charge >= 0.3 is 0 Å². The van der Waals surface area contributed by atoms with Crippen molar-refractivity contribution in [1.29, 1.82) is 0 Å². The van der Waals surface area contributed by atoms with Gasteiger partial charge in [-0.15, -0.1) is 11.3 Å². The maximum Gasteiger partial charge on any atom is 0.227 e. The number of hydrogen-bond donors (Lipinski definition) is 1. The number of halogens is 1. The topological polar surface area (TPSA) is 68.0 Å². The average molecular weight is 362 g/mol. The number of carbonyl (C=O) groups excluding carboxylic acids is 1. The van der Waals surface area contributed by atoms with E-state index in [1.165, 1.54) is 0 Å². The molecule has 0 bridgehead atoms. The van der Waals surface area contributed by atoms with Crippen LogP contribution in [0.1, 0.15) is 30.8 Å². The fourth-order valence-electron chi connectivity index (χ4n) is 2.30. The molecule has 2 heterocycles. The zero-order valence-electron chi connectivity index (χ0n) is 13.0. The molecule has 1 atom stereocenters. The van der Waals surface area contributed by atoms with Crippen molar-refractivity contribution in [2.24, 2.45) is 0 Å². The standard InChI is InChI=1S/C17H16ClN3O2S/c1-11(12-5-2-3-6-13(12)18)19-15(22)8-9-16-20-17(21-23-16)14-7-4-10-24-14/h2-7,10-11H,8-9H2,1H3,(H,19,22)/t11-/m0/s1. The van der Waals surface area contributed by atoms with Gasteiger partial charge in [0.2, 0.25) is 17.6 Å². The number of benzene rings is 1. The molecule has 0 aliphatic rings. The molecule has 1 N–H and O–H groups in total. The third-order valence-electron chi connectivity index (χ3n) is 3.52. The van der Waals surface area contributed by atoms with Gasteiger partial charge in [-0.1, -0.05) is 41.0 Å². The molecule has 0 spiro atoms. The van der Waals surface area contributed by atoms with Crippen molar-refractivity contribution in [1.82, 2.24) is 15.5 Å². The molecule has 0 aliphatic carbocycles. The molecule has 3 aromatic rings. The van der Waals surface area contributed by atoms with Crippen LogP contribution < -0.4 is 5.32 Å². The van der Waals surface area contributed by atoms with Crippen molar-refractivity contribution < 1.29 is 9.32 Å². The van der Waals surface area contributed by atoms with Crippen LogP contribution in [0, 0.1) is 0 Å². The highest BCUT2D eigenvalue weighted by molar-refractivity contribution is 7.13. The summed E-state index contributed by atoms with van der Waals surface area (Å²) >= 11 is 7.69. The zero-order valence-corrected chi connectivity index (χ0v) is 14.6. The second kappa shape index (κ2) is 7.59. The lowest BCUT2D eigenvalue weighted by atomic mass is 10.1. The van der Waals surface area contributed by atoms with Gasteiger partial charge in [0.25, 0.3) is 0 Å². The van der Waals surface area contributed by atoms with Gasteiger partial charge in [-0.05, 0) is 30.0 Å².